The Labute approximate surface area is 189 Å². The van der Waals surface area contributed by atoms with E-state index in [9.17, 15) is 4.57 Å². The Hall–Kier alpha value is -2.25. The molecule has 1 saturated heterocycles. The fourth-order valence-electron chi connectivity index (χ4n) is 3.59. The first-order chi connectivity index (χ1) is 15.3. The van der Waals surface area contributed by atoms with Crippen LogP contribution in [0.15, 0.2) is 42.5 Å². The molecule has 0 amide bonds. The van der Waals surface area contributed by atoms with E-state index in [4.69, 9.17) is 23.3 Å². The van der Waals surface area contributed by atoms with Crippen molar-refractivity contribution in [1.29, 1.82) is 0 Å². The molecule has 8 nitrogen and oxygen atoms in total. The molecule has 0 aromatic heterocycles. The van der Waals surface area contributed by atoms with Gasteiger partial charge in [-0.05, 0) is 23.6 Å². The van der Waals surface area contributed by atoms with Crippen LogP contribution in [-0.4, -0.2) is 51.1 Å². The van der Waals surface area contributed by atoms with E-state index in [1.165, 1.54) is 0 Å². The third kappa shape index (κ3) is 5.75. The molecule has 2 aromatic rings. The van der Waals surface area contributed by atoms with Crippen LogP contribution in [0.1, 0.15) is 26.3 Å². The lowest BCUT2D eigenvalue weighted by Crippen LogP contribution is -2.40. The van der Waals surface area contributed by atoms with Crippen molar-refractivity contribution in [2.75, 3.05) is 46.2 Å². The third-order valence-corrected chi connectivity index (χ3v) is 6.81. The number of nitrogens with one attached hydrogen (secondary N) is 1. The van der Waals surface area contributed by atoms with Gasteiger partial charge in [0.05, 0.1) is 13.2 Å². The Bertz CT molecular complexity index is 957. The average molecular weight is 462 g/mol. The number of hydrogen-bond donors (Lipinski definition) is 1. The van der Waals surface area contributed by atoms with Gasteiger partial charge in [-0.3, -0.25) is 4.90 Å². The van der Waals surface area contributed by atoms with Gasteiger partial charge in [-0.2, -0.15) is 5.09 Å². The molecule has 9 heteroatoms. The summed E-state index contributed by atoms with van der Waals surface area (Å²) in [6.07, 6.45) is 0. The summed E-state index contributed by atoms with van der Waals surface area (Å²) in [5.74, 6) is 2.13. The van der Waals surface area contributed by atoms with Crippen molar-refractivity contribution >= 4 is 7.75 Å². The molecule has 2 heterocycles. The zero-order valence-corrected chi connectivity index (χ0v) is 19.7. The van der Waals surface area contributed by atoms with Gasteiger partial charge in [0.1, 0.15) is 11.5 Å². The zero-order chi connectivity index (χ0) is 22.6. The summed E-state index contributed by atoms with van der Waals surface area (Å²) >= 11 is 0. The Morgan fingerprint density at radius 3 is 2.41 bits per heavy atom. The summed E-state index contributed by atoms with van der Waals surface area (Å²) in [7, 11) is -3.76. The Kier molecular flexibility index (Phi) is 6.96. The monoisotopic (exact) mass is 462 g/mol. The summed E-state index contributed by atoms with van der Waals surface area (Å²) in [4.78, 5) is 2.25. The molecule has 174 valence electrons. The second-order valence-corrected chi connectivity index (χ2v) is 10.5. The van der Waals surface area contributed by atoms with Crippen molar-refractivity contribution in [3.8, 4) is 23.0 Å². The highest BCUT2D eigenvalue weighted by Crippen LogP contribution is 2.50. The molecule has 1 atom stereocenters. The molecule has 32 heavy (non-hydrogen) atoms. The average Bonchev–Trinajstić information content (AvgIpc) is 3.21. The molecule has 0 aliphatic carbocycles. The van der Waals surface area contributed by atoms with E-state index in [1.807, 2.05) is 24.3 Å². The summed E-state index contributed by atoms with van der Waals surface area (Å²) in [5.41, 5.74) is 0.579. The summed E-state index contributed by atoms with van der Waals surface area (Å²) < 4.78 is 42.4. The maximum absolute atomic E-state index is 13.9. The van der Waals surface area contributed by atoms with E-state index in [0.29, 0.717) is 49.3 Å². The molecular weight excluding hydrogens is 431 g/mol. The molecule has 1 fully saturated rings. The standard InChI is InChI=1S/C23H31N2O6P/c1-23(2,3)19-15-21-22(29-17-28-21)16-20(19)31-32(26,30-18-7-5-4-6-8-18)24-9-10-25-11-13-27-14-12-25/h4-8,15-16H,9-14,17H2,1-3H3,(H,24,26). The Morgan fingerprint density at radius 1 is 1.03 bits per heavy atom. The molecule has 2 aliphatic rings. The number of benzene rings is 2. The Morgan fingerprint density at radius 2 is 1.72 bits per heavy atom. The predicted octanol–water partition coefficient (Wildman–Crippen LogP) is 4.20. The highest BCUT2D eigenvalue weighted by Gasteiger charge is 2.33. The number of para-hydroxylation sites is 1. The smallest absolute Gasteiger partial charge is 0.454 e. The van der Waals surface area contributed by atoms with Crippen molar-refractivity contribution < 1.29 is 27.8 Å². The van der Waals surface area contributed by atoms with E-state index < -0.39 is 7.75 Å². The largest absolute Gasteiger partial charge is 0.512 e. The quantitative estimate of drug-likeness (QED) is 0.585. The topological polar surface area (TPSA) is 78.5 Å². The van der Waals surface area contributed by atoms with E-state index in [-0.39, 0.29) is 12.2 Å². The molecule has 2 aliphatic heterocycles. The second kappa shape index (κ2) is 9.71. The molecule has 0 radical (unpaired) electrons. The normalized spacial score (nSPS) is 18.2. The van der Waals surface area contributed by atoms with Crippen LogP contribution in [0.2, 0.25) is 0 Å². The molecule has 0 saturated carbocycles. The molecule has 1 unspecified atom stereocenters. The maximum atomic E-state index is 13.9. The van der Waals surface area contributed by atoms with E-state index in [1.54, 1.807) is 18.2 Å². The molecule has 1 N–H and O–H groups in total. The highest BCUT2D eigenvalue weighted by molar-refractivity contribution is 7.52. The number of morpholine rings is 1. The Balaban J connectivity index is 1.57. The predicted molar refractivity (Wildman–Crippen MR) is 122 cm³/mol. The highest BCUT2D eigenvalue weighted by atomic mass is 31.2. The van der Waals surface area contributed by atoms with Gasteiger partial charge in [-0.25, -0.2) is 4.57 Å². The van der Waals surface area contributed by atoms with Crippen molar-refractivity contribution in [1.82, 2.24) is 9.99 Å². The fourth-order valence-corrected chi connectivity index (χ4v) is 4.94. The van der Waals surface area contributed by atoms with Gasteiger partial charge >= 0.3 is 7.75 Å². The molecular formula is C23H31N2O6P. The first kappa shape index (κ1) is 22.9. The third-order valence-electron chi connectivity index (χ3n) is 5.31. The van der Waals surface area contributed by atoms with Gasteiger partial charge in [0, 0.05) is 37.8 Å². The first-order valence-electron chi connectivity index (χ1n) is 10.9. The summed E-state index contributed by atoms with van der Waals surface area (Å²) in [5, 5.41) is 3.04. The van der Waals surface area contributed by atoms with Crippen LogP contribution in [0.5, 0.6) is 23.0 Å². The molecule has 0 spiro atoms. The molecule has 2 aromatic carbocycles. The van der Waals surface area contributed by atoms with Gasteiger partial charge in [0.25, 0.3) is 0 Å². The van der Waals surface area contributed by atoms with Crippen molar-refractivity contribution in [3.63, 3.8) is 0 Å². The van der Waals surface area contributed by atoms with Crippen molar-refractivity contribution in [3.05, 3.63) is 48.0 Å². The lowest BCUT2D eigenvalue weighted by atomic mass is 9.86. The number of rotatable bonds is 8. The SMILES string of the molecule is CC(C)(C)c1cc2c(cc1OP(=O)(NCCN1CCOCC1)Oc1ccccc1)OCO2. The minimum atomic E-state index is -3.76. The van der Waals surface area contributed by atoms with Gasteiger partial charge < -0.3 is 23.3 Å². The minimum absolute atomic E-state index is 0.151. The minimum Gasteiger partial charge on any atom is -0.454 e. The van der Waals surface area contributed by atoms with E-state index in [0.717, 1.165) is 18.7 Å². The van der Waals surface area contributed by atoms with Crippen LogP contribution in [0.4, 0.5) is 0 Å². The van der Waals surface area contributed by atoms with Crippen LogP contribution >= 0.6 is 7.75 Å². The lowest BCUT2D eigenvalue weighted by molar-refractivity contribution is 0.0389. The maximum Gasteiger partial charge on any atom is 0.512 e. The van der Waals surface area contributed by atoms with Crippen LogP contribution in [-0.2, 0) is 14.7 Å². The number of hydrogen-bond acceptors (Lipinski definition) is 7. The van der Waals surface area contributed by atoms with Crippen molar-refractivity contribution in [2.45, 2.75) is 26.2 Å². The van der Waals surface area contributed by atoms with Crippen LogP contribution in [0.3, 0.4) is 0 Å². The number of ether oxygens (including phenoxy) is 3. The fraction of sp³-hybridized carbons (Fsp3) is 0.478. The van der Waals surface area contributed by atoms with Crippen LogP contribution < -0.4 is 23.6 Å². The first-order valence-corrected chi connectivity index (χ1v) is 12.4. The van der Waals surface area contributed by atoms with Gasteiger partial charge in [0.2, 0.25) is 6.79 Å². The lowest BCUT2D eigenvalue weighted by Gasteiger charge is -2.28. The van der Waals surface area contributed by atoms with E-state index in [2.05, 4.69) is 30.8 Å². The van der Waals surface area contributed by atoms with Gasteiger partial charge in [-0.15, -0.1) is 0 Å². The summed E-state index contributed by atoms with van der Waals surface area (Å²) in [6, 6.07) is 12.7. The second-order valence-electron chi connectivity index (χ2n) is 8.81. The van der Waals surface area contributed by atoms with Gasteiger partial charge in [-0.1, -0.05) is 39.0 Å². The molecule has 0 bridgehead atoms. The number of nitrogens with zero attached hydrogens (tertiary/aromatic N) is 1. The summed E-state index contributed by atoms with van der Waals surface area (Å²) in [6.45, 7) is 10.6. The molecule has 4 rings (SSSR count). The van der Waals surface area contributed by atoms with Crippen molar-refractivity contribution in [2.24, 2.45) is 0 Å². The van der Waals surface area contributed by atoms with E-state index >= 15 is 0 Å². The van der Waals surface area contributed by atoms with Gasteiger partial charge in [0.15, 0.2) is 11.5 Å². The van der Waals surface area contributed by atoms with Crippen LogP contribution in [0.25, 0.3) is 0 Å². The zero-order valence-electron chi connectivity index (χ0n) is 18.8. The number of fused-ring (bicyclic) bond motifs is 1. The van der Waals surface area contributed by atoms with Crippen LogP contribution in [0, 0.1) is 0 Å².